The molecule has 0 aromatic heterocycles. The molecule has 1 unspecified atom stereocenters. The van der Waals surface area contributed by atoms with Gasteiger partial charge in [0.15, 0.2) is 17.5 Å². The third kappa shape index (κ3) is 4.72. The highest BCUT2D eigenvalue weighted by Crippen LogP contribution is 2.23. The number of nitrogens with zero attached hydrogens (tertiary/aromatic N) is 2. The van der Waals surface area contributed by atoms with Gasteiger partial charge in [-0.15, -0.1) is 0 Å². The fourth-order valence-electron chi connectivity index (χ4n) is 3.15. The van der Waals surface area contributed by atoms with Crippen molar-refractivity contribution in [3.05, 3.63) is 65.5 Å². The van der Waals surface area contributed by atoms with Gasteiger partial charge in [0, 0.05) is 32.7 Å². The molecule has 2 aromatic carbocycles. The Hall–Kier alpha value is -1.94. The van der Waals surface area contributed by atoms with Crippen LogP contribution in [0.1, 0.15) is 11.6 Å². The molecule has 0 bridgehead atoms. The fraction of sp³-hybridized carbons (Fsp3) is 0.368. The van der Waals surface area contributed by atoms with E-state index in [1.54, 1.807) is 30.3 Å². The number of rotatable bonds is 6. The Balaban J connectivity index is 1.87. The van der Waals surface area contributed by atoms with Crippen LogP contribution >= 0.6 is 0 Å². The number of piperazine rings is 1. The van der Waals surface area contributed by atoms with Gasteiger partial charge in [-0.25, -0.2) is 26.3 Å². The van der Waals surface area contributed by atoms with Gasteiger partial charge in [-0.3, -0.25) is 4.90 Å². The maximum atomic E-state index is 14.1. The number of likely N-dealkylation sites (N-methyl/N-ethyl adjacent to an activating group) is 1. The van der Waals surface area contributed by atoms with Crippen LogP contribution < -0.4 is 4.72 Å². The standard InChI is InChI=1S/C19H22F3N3O2S/c1-24-9-11-25(12-10-24)13-16(14-5-3-2-4-6-14)23-28(26,27)17-8-7-15(20)18(21)19(17)22/h2-8,16,23H,9-13H2,1H3. The summed E-state index contributed by atoms with van der Waals surface area (Å²) in [5, 5.41) is 0. The van der Waals surface area contributed by atoms with Gasteiger partial charge < -0.3 is 4.90 Å². The highest BCUT2D eigenvalue weighted by molar-refractivity contribution is 7.89. The van der Waals surface area contributed by atoms with Crippen molar-refractivity contribution in [2.75, 3.05) is 39.8 Å². The van der Waals surface area contributed by atoms with Crippen molar-refractivity contribution in [3.63, 3.8) is 0 Å². The van der Waals surface area contributed by atoms with Crippen LogP contribution in [0.3, 0.4) is 0 Å². The predicted octanol–water partition coefficient (Wildman–Crippen LogP) is 2.37. The Kier molecular flexibility index (Phi) is 6.39. The fourth-order valence-corrected chi connectivity index (χ4v) is 4.44. The molecule has 2 aromatic rings. The SMILES string of the molecule is CN1CCN(CC(NS(=O)(=O)c2ccc(F)c(F)c2F)c2ccccc2)CC1. The largest absolute Gasteiger partial charge is 0.304 e. The van der Waals surface area contributed by atoms with E-state index < -0.39 is 38.4 Å². The third-order valence-corrected chi connectivity index (χ3v) is 6.31. The first-order chi connectivity index (χ1) is 13.3. The second-order valence-electron chi connectivity index (χ2n) is 6.86. The molecule has 1 heterocycles. The zero-order valence-electron chi connectivity index (χ0n) is 15.4. The lowest BCUT2D eigenvalue weighted by Crippen LogP contribution is -2.47. The topological polar surface area (TPSA) is 52.6 Å². The normalized spacial score (nSPS) is 17.6. The summed E-state index contributed by atoms with van der Waals surface area (Å²) in [5.41, 5.74) is 0.702. The molecule has 0 amide bonds. The van der Waals surface area contributed by atoms with Crippen molar-refractivity contribution in [2.45, 2.75) is 10.9 Å². The van der Waals surface area contributed by atoms with E-state index >= 15 is 0 Å². The Morgan fingerprint density at radius 3 is 2.25 bits per heavy atom. The van der Waals surface area contributed by atoms with E-state index in [-0.39, 0.29) is 0 Å². The van der Waals surface area contributed by atoms with Gasteiger partial charge in [0.1, 0.15) is 4.90 Å². The number of hydrogen-bond donors (Lipinski definition) is 1. The molecule has 152 valence electrons. The smallest absolute Gasteiger partial charge is 0.244 e. The van der Waals surface area contributed by atoms with Gasteiger partial charge in [-0.05, 0) is 24.7 Å². The van der Waals surface area contributed by atoms with Crippen LogP contribution in [-0.4, -0.2) is 58.0 Å². The maximum Gasteiger partial charge on any atom is 0.244 e. The van der Waals surface area contributed by atoms with Crippen LogP contribution in [-0.2, 0) is 10.0 Å². The number of nitrogens with one attached hydrogen (secondary N) is 1. The molecule has 1 N–H and O–H groups in total. The predicted molar refractivity (Wildman–Crippen MR) is 99.8 cm³/mol. The van der Waals surface area contributed by atoms with Crippen molar-refractivity contribution in [3.8, 4) is 0 Å². The highest BCUT2D eigenvalue weighted by atomic mass is 32.2. The van der Waals surface area contributed by atoms with Crippen molar-refractivity contribution in [1.29, 1.82) is 0 Å². The van der Waals surface area contributed by atoms with Crippen LogP contribution in [0, 0.1) is 17.5 Å². The van der Waals surface area contributed by atoms with Crippen LogP contribution in [0.25, 0.3) is 0 Å². The van der Waals surface area contributed by atoms with Crippen molar-refractivity contribution >= 4 is 10.0 Å². The average molecular weight is 413 g/mol. The highest BCUT2D eigenvalue weighted by Gasteiger charge is 2.29. The van der Waals surface area contributed by atoms with Gasteiger partial charge in [0.05, 0.1) is 6.04 Å². The van der Waals surface area contributed by atoms with E-state index in [2.05, 4.69) is 14.5 Å². The quantitative estimate of drug-likeness (QED) is 0.739. The number of benzene rings is 2. The molecule has 0 aliphatic carbocycles. The summed E-state index contributed by atoms with van der Waals surface area (Å²) in [6.45, 7) is 3.61. The Labute approximate surface area is 162 Å². The van der Waals surface area contributed by atoms with Gasteiger partial charge in [-0.2, -0.15) is 0 Å². The van der Waals surface area contributed by atoms with E-state index in [9.17, 15) is 21.6 Å². The molecular formula is C19H22F3N3O2S. The van der Waals surface area contributed by atoms with E-state index in [4.69, 9.17) is 0 Å². The van der Waals surface area contributed by atoms with Crippen LogP contribution in [0.5, 0.6) is 0 Å². The van der Waals surface area contributed by atoms with Crippen LogP contribution in [0.2, 0.25) is 0 Å². The number of hydrogen-bond acceptors (Lipinski definition) is 4. The molecule has 1 aliphatic rings. The Morgan fingerprint density at radius 1 is 0.964 bits per heavy atom. The monoisotopic (exact) mass is 413 g/mol. The summed E-state index contributed by atoms with van der Waals surface area (Å²) in [6, 6.07) is 9.56. The number of halogens is 3. The molecule has 3 rings (SSSR count). The van der Waals surface area contributed by atoms with Gasteiger partial charge in [-0.1, -0.05) is 30.3 Å². The maximum absolute atomic E-state index is 14.1. The van der Waals surface area contributed by atoms with Gasteiger partial charge in [0.25, 0.3) is 0 Å². The molecule has 0 spiro atoms. The average Bonchev–Trinajstić information content (AvgIpc) is 2.67. The summed E-state index contributed by atoms with van der Waals surface area (Å²) in [4.78, 5) is 3.38. The minimum absolute atomic E-state index is 0.377. The molecule has 1 fully saturated rings. The third-order valence-electron chi connectivity index (χ3n) is 4.83. The lowest BCUT2D eigenvalue weighted by molar-refractivity contribution is 0.145. The molecule has 1 saturated heterocycles. The first kappa shape index (κ1) is 20.8. The molecule has 0 saturated carbocycles. The second-order valence-corrected chi connectivity index (χ2v) is 8.54. The van der Waals surface area contributed by atoms with E-state index in [1.165, 1.54) is 0 Å². The summed E-state index contributed by atoms with van der Waals surface area (Å²) in [6.07, 6.45) is 0. The first-order valence-corrected chi connectivity index (χ1v) is 10.4. The molecule has 28 heavy (non-hydrogen) atoms. The minimum Gasteiger partial charge on any atom is -0.304 e. The van der Waals surface area contributed by atoms with E-state index in [1.807, 2.05) is 7.05 Å². The second kappa shape index (κ2) is 8.60. The Bertz CT molecular complexity index is 918. The van der Waals surface area contributed by atoms with Gasteiger partial charge in [0.2, 0.25) is 10.0 Å². The van der Waals surface area contributed by atoms with Crippen molar-refractivity contribution < 1.29 is 21.6 Å². The Morgan fingerprint density at radius 2 is 1.61 bits per heavy atom. The molecular weight excluding hydrogens is 391 g/mol. The molecule has 1 atom stereocenters. The lowest BCUT2D eigenvalue weighted by Gasteiger charge is -2.35. The first-order valence-electron chi connectivity index (χ1n) is 8.89. The van der Waals surface area contributed by atoms with Crippen LogP contribution in [0.4, 0.5) is 13.2 Å². The molecule has 1 aliphatic heterocycles. The van der Waals surface area contributed by atoms with Gasteiger partial charge >= 0.3 is 0 Å². The zero-order valence-corrected chi connectivity index (χ0v) is 16.2. The lowest BCUT2D eigenvalue weighted by atomic mass is 10.1. The molecule has 0 radical (unpaired) electrons. The number of sulfonamides is 1. The zero-order chi connectivity index (χ0) is 20.3. The summed E-state index contributed by atoms with van der Waals surface area (Å²) in [5.74, 6) is -4.97. The van der Waals surface area contributed by atoms with E-state index in [0.29, 0.717) is 18.2 Å². The summed E-state index contributed by atoms with van der Waals surface area (Å²) in [7, 11) is -2.39. The molecule has 5 nitrogen and oxygen atoms in total. The molecule has 9 heteroatoms. The summed E-state index contributed by atoms with van der Waals surface area (Å²) >= 11 is 0. The van der Waals surface area contributed by atoms with Crippen molar-refractivity contribution in [1.82, 2.24) is 14.5 Å². The van der Waals surface area contributed by atoms with E-state index in [0.717, 1.165) is 32.2 Å². The van der Waals surface area contributed by atoms with Crippen molar-refractivity contribution in [2.24, 2.45) is 0 Å². The summed E-state index contributed by atoms with van der Waals surface area (Å²) < 4.78 is 68.7. The minimum atomic E-state index is -4.41. The van der Waals surface area contributed by atoms with Crippen LogP contribution in [0.15, 0.2) is 47.4 Å².